The number of amides is 1. The molecule has 1 heterocycles. The van der Waals surface area contributed by atoms with Crippen LogP contribution in [0, 0.1) is 0 Å². The molecule has 1 aromatic rings. The molecule has 1 aliphatic heterocycles. The molecule has 148 valence electrons. The van der Waals surface area contributed by atoms with Gasteiger partial charge < -0.3 is 19.5 Å². The summed E-state index contributed by atoms with van der Waals surface area (Å²) in [6.45, 7) is 7.39. The van der Waals surface area contributed by atoms with E-state index in [9.17, 15) is 14.7 Å². The number of hydrogen-bond acceptors (Lipinski definition) is 5. The fourth-order valence-electron chi connectivity index (χ4n) is 3.40. The van der Waals surface area contributed by atoms with Crippen molar-refractivity contribution in [1.82, 2.24) is 4.90 Å². The second kappa shape index (κ2) is 8.13. The summed E-state index contributed by atoms with van der Waals surface area (Å²) in [5, 5.41) is 9.98. The fraction of sp³-hybridized carbons (Fsp3) is 0.524. The maximum absolute atomic E-state index is 12.5. The Morgan fingerprint density at radius 2 is 2.00 bits per heavy atom. The van der Waals surface area contributed by atoms with E-state index in [0.717, 1.165) is 12.0 Å². The molecule has 0 aromatic heterocycles. The van der Waals surface area contributed by atoms with Crippen LogP contribution in [0.5, 0.6) is 5.75 Å². The average molecular weight is 375 g/mol. The van der Waals surface area contributed by atoms with Crippen molar-refractivity contribution < 1.29 is 24.2 Å². The van der Waals surface area contributed by atoms with Crippen LogP contribution in [0.25, 0.3) is 0 Å². The predicted molar refractivity (Wildman–Crippen MR) is 102 cm³/mol. The van der Waals surface area contributed by atoms with E-state index in [2.05, 4.69) is 0 Å². The van der Waals surface area contributed by atoms with Gasteiger partial charge in [-0.3, -0.25) is 4.79 Å². The number of nitrogens with zero attached hydrogens (tertiary/aromatic N) is 1. The van der Waals surface area contributed by atoms with Crippen LogP contribution in [-0.2, 0) is 20.7 Å². The van der Waals surface area contributed by atoms with Crippen molar-refractivity contribution in [3.05, 3.63) is 41.7 Å². The van der Waals surface area contributed by atoms with Gasteiger partial charge in [0, 0.05) is 12.5 Å². The third-order valence-electron chi connectivity index (χ3n) is 4.61. The Kier molecular flexibility index (Phi) is 6.31. The Morgan fingerprint density at radius 3 is 2.59 bits per heavy atom. The molecule has 0 bridgehead atoms. The zero-order valence-electron chi connectivity index (χ0n) is 16.7. The summed E-state index contributed by atoms with van der Waals surface area (Å²) in [6, 6.07) is 7.41. The molecule has 0 spiro atoms. The molecule has 1 amide bonds. The summed E-state index contributed by atoms with van der Waals surface area (Å²) < 4.78 is 10.8. The summed E-state index contributed by atoms with van der Waals surface area (Å²) in [5.41, 5.74) is -0.905. The van der Waals surface area contributed by atoms with Crippen molar-refractivity contribution in [2.75, 3.05) is 13.7 Å². The monoisotopic (exact) mass is 375 g/mol. The van der Waals surface area contributed by atoms with E-state index in [1.54, 1.807) is 26.8 Å². The van der Waals surface area contributed by atoms with Crippen LogP contribution in [-0.4, -0.2) is 46.7 Å². The number of hydrogen-bond donors (Lipinski definition) is 1. The molecule has 0 radical (unpaired) electrons. The molecule has 1 atom stereocenters. The van der Waals surface area contributed by atoms with Crippen LogP contribution in [0.3, 0.4) is 0 Å². The number of ether oxygens (including phenoxy) is 2. The summed E-state index contributed by atoms with van der Waals surface area (Å²) >= 11 is 0. The summed E-state index contributed by atoms with van der Waals surface area (Å²) in [7, 11) is 1.33. The van der Waals surface area contributed by atoms with Gasteiger partial charge in [-0.25, -0.2) is 4.79 Å². The Morgan fingerprint density at radius 1 is 1.30 bits per heavy atom. The van der Waals surface area contributed by atoms with Gasteiger partial charge in [-0.15, -0.1) is 0 Å². The molecule has 6 nitrogen and oxygen atoms in total. The molecule has 1 aromatic carbocycles. The largest absolute Gasteiger partial charge is 0.467 e. The van der Waals surface area contributed by atoms with Crippen LogP contribution < -0.4 is 4.74 Å². The van der Waals surface area contributed by atoms with Crippen molar-refractivity contribution in [2.45, 2.75) is 58.1 Å². The van der Waals surface area contributed by atoms with Crippen molar-refractivity contribution >= 4 is 11.9 Å². The minimum Gasteiger partial charge on any atom is -0.467 e. The van der Waals surface area contributed by atoms with Crippen molar-refractivity contribution in [2.24, 2.45) is 0 Å². The van der Waals surface area contributed by atoms with E-state index in [1.165, 1.54) is 18.1 Å². The van der Waals surface area contributed by atoms with Crippen molar-refractivity contribution in [3.63, 3.8) is 0 Å². The van der Waals surface area contributed by atoms with Gasteiger partial charge in [-0.1, -0.05) is 25.5 Å². The second-order valence-corrected chi connectivity index (χ2v) is 7.79. The Bertz CT molecular complexity index is 734. The third kappa shape index (κ3) is 5.10. The summed E-state index contributed by atoms with van der Waals surface area (Å²) in [5.74, 6) is 0.373. The first-order chi connectivity index (χ1) is 12.6. The third-order valence-corrected chi connectivity index (χ3v) is 4.61. The van der Waals surface area contributed by atoms with E-state index < -0.39 is 17.1 Å². The van der Waals surface area contributed by atoms with Crippen LogP contribution in [0.1, 0.15) is 46.1 Å². The molecule has 0 unspecified atom stereocenters. The van der Waals surface area contributed by atoms with Gasteiger partial charge in [0.1, 0.15) is 17.0 Å². The molecule has 6 heteroatoms. The molecule has 0 saturated carbocycles. The zero-order valence-corrected chi connectivity index (χ0v) is 16.7. The number of carbonyl (C=O) groups is 2. The highest BCUT2D eigenvalue weighted by molar-refractivity contribution is 5.96. The summed E-state index contributed by atoms with van der Waals surface area (Å²) in [6.07, 6.45) is 3.16. The van der Waals surface area contributed by atoms with Gasteiger partial charge in [0.25, 0.3) is 5.91 Å². The first-order valence-corrected chi connectivity index (χ1v) is 9.19. The molecule has 27 heavy (non-hydrogen) atoms. The predicted octanol–water partition coefficient (Wildman–Crippen LogP) is 2.84. The van der Waals surface area contributed by atoms with Gasteiger partial charge in [-0.2, -0.15) is 0 Å². The van der Waals surface area contributed by atoms with Crippen LogP contribution in [0.15, 0.2) is 36.1 Å². The van der Waals surface area contributed by atoms with Crippen molar-refractivity contribution in [1.29, 1.82) is 0 Å². The molecular weight excluding hydrogens is 346 g/mol. The van der Waals surface area contributed by atoms with E-state index in [1.807, 2.05) is 25.1 Å². The minimum atomic E-state index is -1.02. The molecule has 2 rings (SSSR count). The second-order valence-electron chi connectivity index (χ2n) is 7.79. The number of aliphatic hydroxyl groups is 1. The maximum Gasteiger partial charge on any atom is 0.331 e. The van der Waals surface area contributed by atoms with Crippen molar-refractivity contribution in [3.8, 4) is 5.75 Å². The topological polar surface area (TPSA) is 76.1 Å². The zero-order chi connectivity index (χ0) is 20.2. The number of esters is 1. The fourth-order valence-corrected chi connectivity index (χ4v) is 3.40. The lowest BCUT2D eigenvalue weighted by Gasteiger charge is -2.36. The smallest absolute Gasteiger partial charge is 0.331 e. The summed E-state index contributed by atoms with van der Waals surface area (Å²) in [4.78, 5) is 26.3. The molecule has 0 saturated heterocycles. The standard InChI is InChI=1S/C21H29NO5/c1-6-10-21(4,19(24)26-5)22-14-17(12-18(22)23)27-16-9-7-8-15(11-16)13-20(2,3)25/h7-9,11-12,25H,6,10,13-14H2,1-5H3/t21-/m0/s1. The molecule has 1 N–H and O–H groups in total. The van der Waals surface area contributed by atoms with Gasteiger partial charge in [0.05, 0.1) is 19.3 Å². The van der Waals surface area contributed by atoms with Crippen LogP contribution >= 0.6 is 0 Å². The van der Waals surface area contributed by atoms with Gasteiger partial charge in [0.15, 0.2) is 0 Å². The first-order valence-electron chi connectivity index (χ1n) is 9.19. The molecular formula is C21H29NO5. The number of carbonyl (C=O) groups excluding carboxylic acids is 2. The van der Waals surface area contributed by atoms with Gasteiger partial charge >= 0.3 is 5.97 Å². The van der Waals surface area contributed by atoms with Gasteiger partial charge in [-0.05, 0) is 44.9 Å². The molecule has 0 aliphatic carbocycles. The highest BCUT2D eigenvalue weighted by Gasteiger charge is 2.44. The Balaban J connectivity index is 2.14. The Hall–Kier alpha value is -2.34. The average Bonchev–Trinajstić information content (AvgIpc) is 2.93. The first kappa shape index (κ1) is 21.0. The van der Waals surface area contributed by atoms with E-state index >= 15 is 0 Å². The lowest BCUT2D eigenvalue weighted by Crippen LogP contribution is -2.54. The molecule has 1 aliphatic rings. The molecule has 0 fully saturated rings. The van der Waals surface area contributed by atoms with E-state index in [0.29, 0.717) is 24.4 Å². The number of rotatable bonds is 8. The van der Waals surface area contributed by atoms with Gasteiger partial charge in [0.2, 0.25) is 0 Å². The highest BCUT2D eigenvalue weighted by atomic mass is 16.5. The Labute approximate surface area is 160 Å². The maximum atomic E-state index is 12.5. The normalized spacial score (nSPS) is 16.7. The van der Waals surface area contributed by atoms with Crippen LogP contribution in [0.4, 0.5) is 0 Å². The highest BCUT2D eigenvalue weighted by Crippen LogP contribution is 2.29. The quantitative estimate of drug-likeness (QED) is 0.707. The lowest BCUT2D eigenvalue weighted by atomic mass is 9.94. The van der Waals surface area contributed by atoms with Crippen LogP contribution in [0.2, 0.25) is 0 Å². The lowest BCUT2D eigenvalue weighted by molar-refractivity contribution is -0.159. The number of benzene rings is 1. The van der Waals surface area contributed by atoms with E-state index in [-0.39, 0.29) is 12.5 Å². The SMILES string of the molecule is CCC[C@@](C)(C(=O)OC)N1CC(Oc2cccc(CC(C)(C)O)c2)=CC1=O. The minimum absolute atomic E-state index is 0.208. The number of methoxy groups -OCH3 is 1. The van der Waals surface area contributed by atoms with E-state index in [4.69, 9.17) is 9.47 Å².